The first-order chi connectivity index (χ1) is 6.75. The highest BCUT2D eigenvalue weighted by Gasteiger charge is 2.05. The van der Waals surface area contributed by atoms with E-state index in [0.717, 1.165) is 19.3 Å². The number of unbranched alkanes of at least 4 members (excludes halogenated alkanes) is 2. The first kappa shape index (κ1) is 11.5. The van der Waals surface area contributed by atoms with Gasteiger partial charge in [-0.05, 0) is 34.5 Å². The van der Waals surface area contributed by atoms with Gasteiger partial charge < -0.3 is 4.74 Å². The third kappa shape index (κ3) is 3.29. The minimum absolute atomic E-state index is 0.316. The number of ether oxygens (including phenoxy) is 1. The maximum Gasteiger partial charge on any atom is 0.179 e. The molecule has 1 aromatic carbocycles. The second kappa shape index (κ2) is 6.02. The number of benzene rings is 1. The fraction of sp³-hybridized carbons (Fsp3) is 0.455. The Morgan fingerprint density at radius 1 is 1.36 bits per heavy atom. The molecule has 0 heterocycles. The van der Waals surface area contributed by atoms with Crippen molar-refractivity contribution < 1.29 is 9.13 Å². The fourth-order valence-electron chi connectivity index (χ4n) is 1.13. The summed E-state index contributed by atoms with van der Waals surface area (Å²) in [4.78, 5) is 0. The molecule has 0 atom stereocenters. The minimum atomic E-state index is -0.316. The smallest absolute Gasteiger partial charge is 0.179 e. The van der Waals surface area contributed by atoms with Gasteiger partial charge in [0.2, 0.25) is 0 Å². The van der Waals surface area contributed by atoms with Crippen molar-refractivity contribution in [2.24, 2.45) is 0 Å². The standard InChI is InChI=1S/C11H14BrFO/c1-2-3-4-8-14-10-7-5-6-9(12)11(10)13/h5-7H,2-4,8H2,1H3. The van der Waals surface area contributed by atoms with Gasteiger partial charge in [-0.2, -0.15) is 0 Å². The SMILES string of the molecule is CCCCCOc1cccc(Br)c1F. The number of hydrogen-bond acceptors (Lipinski definition) is 1. The van der Waals surface area contributed by atoms with Gasteiger partial charge in [0, 0.05) is 0 Å². The molecule has 0 bridgehead atoms. The first-order valence-electron chi connectivity index (χ1n) is 4.82. The molecule has 0 fully saturated rings. The molecule has 0 saturated heterocycles. The lowest BCUT2D eigenvalue weighted by Crippen LogP contribution is -1.99. The van der Waals surface area contributed by atoms with Gasteiger partial charge in [0.05, 0.1) is 11.1 Å². The maximum atomic E-state index is 13.3. The van der Waals surface area contributed by atoms with Crippen molar-refractivity contribution in [3.05, 3.63) is 28.5 Å². The molecule has 3 heteroatoms. The Bertz CT molecular complexity index is 289. The van der Waals surface area contributed by atoms with Gasteiger partial charge in [-0.1, -0.05) is 25.8 Å². The Hall–Kier alpha value is -0.570. The van der Waals surface area contributed by atoms with Crippen LogP contribution in [-0.2, 0) is 0 Å². The molecule has 0 radical (unpaired) electrons. The Labute approximate surface area is 92.4 Å². The van der Waals surface area contributed by atoms with E-state index in [1.54, 1.807) is 18.2 Å². The van der Waals surface area contributed by atoms with Gasteiger partial charge in [-0.15, -0.1) is 0 Å². The van der Waals surface area contributed by atoms with Crippen LogP contribution in [0.2, 0.25) is 0 Å². The van der Waals surface area contributed by atoms with Gasteiger partial charge in [-0.3, -0.25) is 0 Å². The van der Waals surface area contributed by atoms with E-state index in [-0.39, 0.29) is 5.82 Å². The maximum absolute atomic E-state index is 13.3. The monoisotopic (exact) mass is 260 g/mol. The quantitative estimate of drug-likeness (QED) is 0.723. The molecule has 14 heavy (non-hydrogen) atoms. The lowest BCUT2D eigenvalue weighted by molar-refractivity contribution is 0.291. The zero-order chi connectivity index (χ0) is 10.4. The summed E-state index contributed by atoms with van der Waals surface area (Å²) in [5.41, 5.74) is 0. The van der Waals surface area contributed by atoms with E-state index in [1.807, 2.05) is 0 Å². The zero-order valence-corrected chi connectivity index (χ0v) is 9.81. The molecule has 0 saturated carbocycles. The van der Waals surface area contributed by atoms with E-state index in [4.69, 9.17) is 4.74 Å². The topological polar surface area (TPSA) is 9.23 Å². The molecule has 0 aliphatic heterocycles. The molecule has 0 spiro atoms. The highest BCUT2D eigenvalue weighted by atomic mass is 79.9. The molecule has 0 aliphatic carbocycles. The van der Waals surface area contributed by atoms with Crippen molar-refractivity contribution in [1.29, 1.82) is 0 Å². The molecule has 78 valence electrons. The van der Waals surface area contributed by atoms with Gasteiger partial charge >= 0.3 is 0 Å². The molecule has 1 aromatic rings. The van der Waals surface area contributed by atoms with Crippen LogP contribution >= 0.6 is 15.9 Å². The summed E-state index contributed by atoms with van der Waals surface area (Å²) >= 11 is 3.11. The Morgan fingerprint density at radius 3 is 2.86 bits per heavy atom. The van der Waals surface area contributed by atoms with Gasteiger partial charge in [0.15, 0.2) is 11.6 Å². The molecular formula is C11H14BrFO. The molecule has 0 unspecified atom stereocenters. The van der Waals surface area contributed by atoms with E-state index < -0.39 is 0 Å². The van der Waals surface area contributed by atoms with Crippen LogP contribution in [0.25, 0.3) is 0 Å². The predicted octanol–water partition coefficient (Wildman–Crippen LogP) is 4.16. The lowest BCUT2D eigenvalue weighted by atomic mass is 10.3. The average molecular weight is 261 g/mol. The van der Waals surface area contributed by atoms with Crippen LogP contribution in [0.4, 0.5) is 4.39 Å². The Balaban J connectivity index is 2.46. The molecule has 0 N–H and O–H groups in total. The predicted molar refractivity (Wildman–Crippen MR) is 59.1 cm³/mol. The molecular weight excluding hydrogens is 247 g/mol. The summed E-state index contributed by atoms with van der Waals surface area (Å²) in [6.07, 6.45) is 3.24. The van der Waals surface area contributed by atoms with Crippen molar-refractivity contribution in [3.63, 3.8) is 0 Å². The van der Waals surface area contributed by atoms with Crippen LogP contribution in [0, 0.1) is 5.82 Å². The highest BCUT2D eigenvalue weighted by Crippen LogP contribution is 2.24. The number of halogens is 2. The second-order valence-corrected chi connectivity index (χ2v) is 3.96. The first-order valence-corrected chi connectivity index (χ1v) is 5.61. The number of rotatable bonds is 5. The summed E-state index contributed by atoms with van der Waals surface area (Å²) in [6, 6.07) is 5.07. The molecule has 0 aliphatic rings. The molecule has 0 amide bonds. The minimum Gasteiger partial charge on any atom is -0.490 e. The van der Waals surface area contributed by atoms with Crippen LogP contribution < -0.4 is 4.74 Å². The van der Waals surface area contributed by atoms with Crippen molar-refractivity contribution >= 4 is 15.9 Å². The third-order valence-corrected chi connectivity index (χ3v) is 2.53. The van der Waals surface area contributed by atoms with Crippen molar-refractivity contribution in [2.75, 3.05) is 6.61 Å². The molecule has 0 aromatic heterocycles. The lowest BCUT2D eigenvalue weighted by Gasteiger charge is -2.07. The van der Waals surface area contributed by atoms with E-state index >= 15 is 0 Å². The van der Waals surface area contributed by atoms with Crippen LogP contribution in [0.1, 0.15) is 26.2 Å². The van der Waals surface area contributed by atoms with E-state index in [0.29, 0.717) is 16.8 Å². The normalized spacial score (nSPS) is 10.2. The summed E-state index contributed by atoms with van der Waals surface area (Å²) in [5.74, 6) is 0.0134. The van der Waals surface area contributed by atoms with Crippen LogP contribution in [0.5, 0.6) is 5.75 Å². The summed E-state index contributed by atoms with van der Waals surface area (Å²) < 4.78 is 19.1. The summed E-state index contributed by atoms with van der Waals surface area (Å²) in [7, 11) is 0. The van der Waals surface area contributed by atoms with Crippen molar-refractivity contribution in [2.45, 2.75) is 26.2 Å². The van der Waals surface area contributed by atoms with E-state index in [1.165, 1.54) is 0 Å². The molecule has 1 rings (SSSR count). The number of hydrogen-bond donors (Lipinski definition) is 0. The van der Waals surface area contributed by atoms with Crippen LogP contribution in [0.3, 0.4) is 0 Å². The van der Waals surface area contributed by atoms with E-state index in [9.17, 15) is 4.39 Å². The summed E-state index contributed by atoms with van der Waals surface area (Å²) in [6.45, 7) is 2.71. The molecule has 1 nitrogen and oxygen atoms in total. The zero-order valence-electron chi connectivity index (χ0n) is 8.22. The summed E-state index contributed by atoms with van der Waals surface area (Å²) in [5, 5.41) is 0. The second-order valence-electron chi connectivity index (χ2n) is 3.11. The van der Waals surface area contributed by atoms with Gasteiger partial charge in [0.25, 0.3) is 0 Å². The Kier molecular flexibility index (Phi) is 4.94. The van der Waals surface area contributed by atoms with Gasteiger partial charge in [0.1, 0.15) is 0 Å². The van der Waals surface area contributed by atoms with Crippen LogP contribution in [-0.4, -0.2) is 6.61 Å². The largest absolute Gasteiger partial charge is 0.490 e. The third-order valence-electron chi connectivity index (χ3n) is 1.92. The van der Waals surface area contributed by atoms with Crippen molar-refractivity contribution in [3.8, 4) is 5.75 Å². The van der Waals surface area contributed by atoms with E-state index in [2.05, 4.69) is 22.9 Å². The Morgan fingerprint density at radius 2 is 2.14 bits per heavy atom. The fourth-order valence-corrected chi connectivity index (χ4v) is 1.48. The highest BCUT2D eigenvalue weighted by molar-refractivity contribution is 9.10. The van der Waals surface area contributed by atoms with Crippen LogP contribution in [0.15, 0.2) is 22.7 Å². The average Bonchev–Trinajstić information content (AvgIpc) is 2.19. The van der Waals surface area contributed by atoms with Gasteiger partial charge in [-0.25, -0.2) is 4.39 Å². The van der Waals surface area contributed by atoms with Crippen molar-refractivity contribution in [1.82, 2.24) is 0 Å².